The third-order valence-corrected chi connectivity index (χ3v) is 2.60. The molecule has 0 spiro atoms. The van der Waals surface area contributed by atoms with E-state index in [2.05, 4.69) is 15.9 Å². The molecule has 98 valence electrons. The molecule has 2 N–H and O–H groups in total. The topological polar surface area (TPSA) is 35.2 Å². The minimum Gasteiger partial charge on any atom is -0.494 e. The Hall–Kier alpha value is -0.390. The van der Waals surface area contributed by atoms with Gasteiger partial charge in [-0.1, -0.05) is 15.9 Å². The van der Waals surface area contributed by atoms with Crippen LogP contribution in [0.1, 0.15) is 24.9 Å². The van der Waals surface area contributed by atoms with Gasteiger partial charge in [-0.3, -0.25) is 0 Å². The van der Waals surface area contributed by atoms with E-state index in [-0.39, 0.29) is 18.8 Å². The van der Waals surface area contributed by atoms with Crippen molar-refractivity contribution in [2.24, 2.45) is 5.73 Å². The van der Waals surface area contributed by atoms with Crippen molar-refractivity contribution in [3.63, 3.8) is 0 Å². The monoisotopic (exact) mass is 329 g/mol. The first-order valence-corrected chi connectivity index (χ1v) is 5.79. The van der Waals surface area contributed by atoms with Gasteiger partial charge < -0.3 is 10.5 Å². The number of ether oxygens (including phenoxy) is 1. The molecular weight excluding hydrogens is 315 g/mol. The highest BCUT2D eigenvalue weighted by Crippen LogP contribution is 2.30. The molecule has 0 aliphatic carbocycles. The zero-order valence-electron chi connectivity index (χ0n) is 9.33. The molecule has 1 aromatic rings. The average Bonchev–Trinajstić information content (AvgIpc) is 2.20. The van der Waals surface area contributed by atoms with Gasteiger partial charge in [-0.15, -0.1) is 12.4 Å². The standard InChI is InChI=1S/C11H14BrF2NO.ClH/c1-2-16-10-4-3-7(12)5-8(10)9(15)6-11(13)14;/h3-5,9,11H,2,6,15H2,1H3;1H/t9-;/m0./s1. The summed E-state index contributed by atoms with van der Waals surface area (Å²) in [6.07, 6.45) is -2.78. The third-order valence-electron chi connectivity index (χ3n) is 2.10. The van der Waals surface area contributed by atoms with Crippen molar-refractivity contribution in [1.29, 1.82) is 0 Å². The maximum Gasteiger partial charge on any atom is 0.240 e. The van der Waals surface area contributed by atoms with E-state index in [9.17, 15) is 8.78 Å². The molecule has 0 unspecified atom stereocenters. The predicted octanol–water partition coefficient (Wildman–Crippen LogP) is 3.92. The second kappa shape index (κ2) is 7.84. The van der Waals surface area contributed by atoms with Gasteiger partial charge in [0.25, 0.3) is 0 Å². The second-order valence-corrected chi connectivity index (χ2v) is 4.26. The molecule has 1 atom stereocenters. The van der Waals surface area contributed by atoms with Crippen molar-refractivity contribution in [2.75, 3.05) is 6.61 Å². The van der Waals surface area contributed by atoms with E-state index in [4.69, 9.17) is 10.5 Å². The Kier molecular flexibility index (Phi) is 7.66. The van der Waals surface area contributed by atoms with E-state index in [0.717, 1.165) is 4.47 Å². The lowest BCUT2D eigenvalue weighted by Crippen LogP contribution is -2.15. The Balaban J connectivity index is 0.00000256. The quantitative estimate of drug-likeness (QED) is 0.888. The summed E-state index contributed by atoms with van der Waals surface area (Å²) in [5.41, 5.74) is 6.32. The fraction of sp³-hybridized carbons (Fsp3) is 0.455. The largest absolute Gasteiger partial charge is 0.494 e. The molecule has 0 amide bonds. The summed E-state index contributed by atoms with van der Waals surface area (Å²) in [5, 5.41) is 0. The zero-order chi connectivity index (χ0) is 12.1. The normalized spacial score (nSPS) is 12.1. The van der Waals surface area contributed by atoms with Crippen LogP contribution in [-0.4, -0.2) is 13.0 Å². The number of alkyl halides is 2. The van der Waals surface area contributed by atoms with Gasteiger partial charge in [0, 0.05) is 22.5 Å². The smallest absolute Gasteiger partial charge is 0.240 e. The molecule has 0 bridgehead atoms. The molecule has 0 aliphatic heterocycles. The summed E-state index contributed by atoms with van der Waals surface area (Å²) in [7, 11) is 0. The van der Waals surface area contributed by atoms with Gasteiger partial charge in [-0.25, -0.2) is 8.78 Å². The van der Waals surface area contributed by atoms with Crippen LogP contribution < -0.4 is 10.5 Å². The van der Waals surface area contributed by atoms with Gasteiger partial charge in [0.15, 0.2) is 0 Å². The minimum atomic E-state index is -2.41. The number of benzene rings is 1. The predicted molar refractivity (Wildman–Crippen MR) is 70.1 cm³/mol. The maximum absolute atomic E-state index is 12.3. The molecule has 0 fully saturated rings. The molecule has 0 heterocycles. The van der Waals surface area contributed by atoms with Crippen molar-refractivity contribution < 1.29 is 13.5 Å². The van der Waals surface area contributed by atoms with Crippen LogP contribution in [0, 0.1) is 0 Å². The first-order chi connectivity index (χ1) is 7.54. The van der Waals surface area contributed by atoms with Crippen LogP contribution in [0.2, 0.25) is 0 Å². The SMILES string of the molecule is CCOc1ccc(Br)cc1[C@@H](N)CC(F)F.Cl. The number of nitrogens with two attached hydrogens (primary N) is 1. The molecule has 0 aliphatic rings. The van der Waals surface area contributed by atoms with Gasteiger partial charge in [0.1, 0.15) is 5.75 Å². The fourth-order valence-electron chi connectivity index (χ4n) is 1.41. The van der Waals surface area contributed by atoms with E-state index < -0.39 is 12.5 Å². The Morgan fingerprint density at radius 2 is 2.06 bits per heavy atom. The van der Waals surface area contributed by atoms with Crippen LogP contribution in [0.15, 0.2) is 22.7 Å². The molecule has 1 aromatic carbocycles. The molecular formula is C11H15BrClF2NO. The summed E-state index contributed by atoms with van der Waals surface area (Å²) in [5.74, 6) is 0.568. The lowest BCUT2D eigenvalue weighted by atomic mass is 10.0. The van der Waals surface area contributed by atoms with Gasteiger partial charge in [-0.2, -0.15) is 0 Å². The van der Waals surface area contributed by atoms with Crippen molar-refractivity contribution in [1.82, 2.24) is 0 Å². The molecule has 0 radical (unpaired) electrons. The van der Waals surface area contributed by atoms with Crippen LogP contribution in [0.3, 0.4) is 0 Å². The summed E-state index contributed by atoms with van der Waals surface area (Å²) < 4.78 is 30.7. The van der Waals surface area contributed by atoms with Gasteiger partial charge >= 0.3 is 0 Å². The zero-order valence-corrected chi connectivity index (χ0v) is 11.7. The van der Waals surface area contributed by atoms with E-state index >= 15 is 0 Å². The Bertz CT molecular complexity index is 352. The Morgan fingerprint density at radius 3 is 2.59 bits per heavy atom. The highest BCUT2D eigenvalue weighted by molar-refractivity contribution is 9.10. The van der Waals surface area contributed by atoms with E-state index in [0.29, 0.717) is 17.9 Å². The minimum absolute atomic E-state index is 0. The molecule has 0 saturated carbocycles. The Labute approximate surface area is 114 Å². The van der Waals surface area contributed by atoms with Crippen LogP contribution in [0.5, 0.6) is 5.75 Å². The van der Waals surface area contributed by atoms with Gasteiger partial charge in [-0.05, 0) is 25.1 Å². The molecule has 2 nitrogen and oxygen atoms in total. The number of halogens is 4. The number of hydrogen-bond acceptors (Lipinski definition) is 2. The van der Waals surface area contributed by atoms with Crippen molar-refractivity contribution in [3.05, 3.63) is 28.2 Å². The number of hydrogen-bond donors (Lipinski definition) is 1. The Morgan fingerprint density at radius 1 is 1.41 bits per heavy atom. The summed E-state index contributed by atoms with van der Waals surface area (Å²) in [4.78, 5) is 0. The first kappa shape index (κ1) is 16.6. The van der Waals surface area contributed by atoms with Crippen molar-refractivity contribution in [3.8, 4) is 5.75 Å². The van der Waals surface area contributed by atoms with Gasteiger partial charge in [0.2, 0.25) is 6.43 Å². The highest BCUT2D eigenvalue weighted by Gasteiger charge is 2.17. The lowest BCUT2D eigenvalue weighted by Gasteiger charge is -2.16. The highest BCUT2D eigenvalue weighted by atomic mass is 79.9. The lowest BCUT2D eigenvalue weighted by molar-refractivity contribution is 0.128. The van der Waals surface area contributed by atoms with Crippen LogP contribution >= 0.6 is 28.3 Å². The fourth-order valence-corrected chi connectivity index (χ4v) is 1.79. The van der Waals surface area contributed by atoms with Crippen LogP contribution in [0.25, 0.3) is 0 Å². The van der Waals surface area contributed by atoms with E-state index in [1.807, 2.05) is 6.92 Å². The van der Waals surface area contributed by atoms with Crippen LogP contribution in [-0.2, 0) is 0 Å². The molecule has 6 heteroatoms. The molecule has 17 heavy (non-hydrogen) atoms. The maximum atomic E-state index is 12.3. The van der Waals surface area contributed by atoms with Crippen molar-refractivity contribution in [2.45, 2.75) is 25.8 Å². The van der Waals surface area contributed by atoms with Gasteiger partial charge in [0.05, 0.1) is 6.61 Å². The molecule has 0 aromatic heterocycles. The summed E-state index contributed by atoms with van der Waals surface area (Å²) in [6.45, 7) is 2.32. The molecule has 1 rings (SSSR count). The second-order valence-electron chi connectivity index (χ2n) is 3.35. The van der Waals surface area contributed by atoms with Crippen LogP contribution in [0.4, 0.5) is 8.78 Å². The van der Waals surface area contributed by atoms with E-state index in [1.165, 1.54) is 0 Å². The third kappa shape index (κ3) is 5.19. The van der Waals surface area contributed by atoms with Crippen molar-refractivity contribution >= 4 is 28.3 Å². The average molecular weight is 331 g/mol. The number of rotatable bonds is 5. The summed E-state index contributed by atoms with van der Waals surface area (Å²) in [6, 6.07) is 4.54. The first-order valence-electron chi connectivity index (χ1n) is 5.00. The molecule has 0 saturated heterocycles. The van der Waals surface area contributed by atoms with E-state index in [1.54, 1.807) is 18.2 Å². The summed E-state index contributed by atoms with van der Waals surface area (Å²) >= 11 is 3.28.